The van der Waals surface area contributed by atoms with Gasteiger partial charge in [0.15, 0.2) is 11.5 Å². The van der Waals surface area contributed by atoms with Gasteiger partial charge in [-0.1, -0.05) is 6.07 Å². The summed E-state index contributed by atoms with van der Waals surface area (Å²) in [4.78, 5) is 13.0. The van der Waals surface area contributed by atoms with Crippen molar-refractivity contribution in [3.63, 3.8) is 0 Å². The van der Waals surface area contributed by atoms with Gasteiger partial charge in [-0.25, -0.2) is 4.79 Å². The average molecular weight is 293 g/mol. The van der Waals surface area contributed by atoms with Crippen LogP contribution in [0.1, 0.15) is 12.0 Å². The number of nitrogens with two attached hydrogens (primary N) is 2. The number of hydrogen-bond acceptors (Lipinski definition) is 4. The lowest BCUT2D eigenvalue weighted by Gasteiger charge is -2.35. The van der Waals surface area contributed by atoms with Crippen molar-refractivity contribution < 1.29 is 14.3 Å². The summed E-state index contributed by atoms with van der Waals surface area (Å²) in [5.74, 6) is 1.72. The first-order valence-corrected chi connectivity index (χ1v) is 7.04. The highest BCUT2D eigenvalue weighted by atomic mass is 16.5. The van der Waals surface area contributed by atoms with Crippen molar-refractivity contribution in [3.05, 3.63) is 23.8 Å². The smallest absolute Gasteiger partial charge is 0.314 e. The minimum absolute atomic E-state index is 0.0172. The molecule has 0 aromatic heterocycles. The van der Waals surface area contributed by atoms with E-state index in [0.29, 0.717) is 30.5 Å². The molecule has 2 atom stereocenters. The quantitative estimate of drug-likeness (QED) is 0.865. The summed E-state index contributed by atoms with van der Waals surface area (Å²) in [6.45, 7) is 1.19. The minimum Gasteiger partial charge on any atom is -0.493 e. The third-order valence-corrected chi connectivity index (χ3v) is 3.85. The van der Waals surface area contributed by atoms with E-state index in [-0.39, 0.29) is 6.04 Å². The molecule has 1 fully saturated rings. The highest BCUT2D eigenvalue weighted by Gasteiger charge is 2.27. The first-order chi connectivity index (χ1) is 10.0. The maximum atomic E-state index is 11.3. The zero-order valence-corrected chi connectivity index (χ0v) is 12.5. The monoisotopic (exact) mass is 293 g/mol. The van der Waals surface area contributed by atoms with Gasteiger partial charge in [0.1, 0.15) is 0 Å². The Balaban J connectivity index is 2.08. The molecular weight excluding hydrogens is 270 g/mol. The summed E-state index contributed by atoms with van der Waals surface area (Å²) in [5, 5.41) is 0. The molecule has 0 saturated carbocycles. The molecule has 1 saturated heterocycles. The van der Waals surface area contributed by atoms with Gasteiger partial charge < -0.3 is 25.8 Å². The predicted octanol–water partition coefficient (Wildman–Crippen LogP) is 0.974. The number of piperidine rings is 1. The van der Waals surface area contributed by atoms with Crippen molar-refractivity contribution in [3.8, 4) is 11.5 Å². The number of hydrogen-bond donors (Lipinski definition) is 2. The molecule has 21 heavy (non-hydrogen) atoms. The zero-order chi connectivity index (χ0) is 15.4. The molecule has 1 aliphatic heterocycles. The molecule has 0 spiro atoms. The molecule has 1 aromatic carbocycles. The van der Waals surface area contributed by atoms with E-state index < -0.39 is 6.03 Å². The number of benzene rings is 1. The second-order valence-corrected chi connectivity index (χ2v) is 5.50. The Morgan fingerprint density at radius 2 is 2.00 bits per heavy atom. The highest BCUT2D eigenvalue weighted by molar-refractivity contribution is 5.72. The van der Waals surface area contributed by atoms with Crippen LogP contribution in [0.5, 0.6) is 11.5 Å². The van der Waals surface area contributed by atoms with Gasteiger partial charge in [0.05, 0.1) is 14.2 Å². The summed E-state index contributed by atoms with van der Waals surface area (Å²) in [6.07, 6.45) is 1.72. The van der Waals surface area contributed by atoms with Gasteiger partial charge in [-0.2, -0.15) is 0 Å². The normalized spacial score (nSPS) is 22.0. The highest BCUT2D eigenvalue weighted by Crippen LogP contribution is 2.29. The summed E-state index contributed by atoms with van der Waals surface area (Å²) in [5.41, 5.74) is 12.5. The fourth-order valence-corrected chi connectivity index (χ4v) is 2.92. The number of methoxy groups -OCH3 is 2. The van der Waals surface area contributed by atoms with Gasteiger partial charge in [-0.3, -0.25) is 0 Å². The number of rotatable bonds is 4. The minimum atomic E-state index is -0.400. The van der Waals surface area contributed by atoms with Gasteiger partial charge >= 0.3 is 6.03 Å². The van der Waals surface area contributed by atoms with E-state index in [0.717, 1.165) is 18.4 Å². The Bertz CT molecular complexity index is 507. The molecule has 116 valence electrons. The number of likely N-dealkylation sites (tertiary alicyclic amines) is 1. The molecular formula is C15H23N3O3. The number of amides is 2. The van der Waals surface area contributed by atoms with Gasteiger partial charge in [-0.05, 0) is 36.5 Å². The van der Waals surface area contributed by atoms with Crippen molar-refractivity contribution in [2.75, 3.05) is 27.3 Å². The number of urea groups is 1. The lowest BCUT2D eigenvalue weighted by Crippen LogP contribution is -2.51. The molecule has 6 nitrogen and oxygen atoms in total. The van der Waals surface area contributed by atoms with E-state index in [1.54, 1.807) is 19.1 Å². The number of ether oxygens (including phenoxy) is 2. The van der Waals surface area contributed by atoms with Crippen molar-refractivity contribution in [2.45, 2.75) is 18.9 Å². The summed E-state index contributed by atoms with van der Waals surface area (Å²) >= 11 is 0. The molecule has 0 aliphatic carbocycles. The van der Waals surface area contributed by atoms with Crippen LogP contribution < -0.4 is 20.9 Å². The van der Waals surface area contributed by atoms with E-state index in [2.05, 4.69) is 0 Å². The Morgan fingerprint density at radius 1 is 1.29 bits per heavy atom. The number of carbonyl (C=O) groups is 1. The van der Waals surface area contributed by atoms with E-state index in [4.69, 9.17) is 20.9 Å². The molecule has 0 radical (unpaired) electrons. The second-order valence-electron chi connectivity index (χ2n) is 5.50. The van der Waals surface area contributed by atoms with E-state index in [1.165, 1.54) is 0 Å². The average Bonchev–Trinajstić information content (AvgIpc) is 2.46. The third kappa shape index (κ3) is 3.78. The molecule has 2 unspecified atom stereocenters. The number of primary amides is 1. The van der Waals surface area contributed by atoms with Crippen LogP contribution in [-0.4, -0.2) is 44.3 Å². The second kappa shape index (κ2) is 6.67. The van der Waals surface area contributed by atoms with Crippen molar-refractivity contribution in [1.82, 2.24) is 4.90 Å². The Kier molecular flexibility index (Phi) is 4.90. The fourth-order valence-electron chi connectivity index (χ4n) is 2.92. The first-order valence-electron chi connectivity index (χ1n) is 7.04. The molecule has 6 heteroatoms. The maximum absolute atomic E-state index is 11.3. The predicted molar refractivity (Wildman–Crippen MR) is 80.5 cm³/mol. The molecule has 2 rings (SSSR count). The lowest BCUT2D eigenvalue weighted by atomic mass is 9.89. The Morgan fingerprint density at radius 3 is 2.62 bits per heavy atom. The fraction of sp³-hybridized carbons (Fsp3) is 0.533. The van der Waals surface area contributed by atoms with Crippen molar-refractivity contribution in [1.29, 1.82) is 0 Å². The molecule has 1 aromatic rings. The number of carbonyl (C=O) groups excluding carboxylic acids is 1. The zero-order valence-electron chi connectivity index (χ0n) is 12.5. The Labute approximate surface area is 125 Å². The maximum Gasteiger partial charge on any atom is 0.314 e. The summed E-state index contributed by atoms with van der Waals surface area (Å²) in [6, 6.07) is 5.45. The van der Waals surface area contributed by atoms with Crippen molar-refractivity contribution in [2.24, 2.45) is 17.4 Å². The van der Waals surface area contributed by atoms with Crippen LogP contribution in [-0.2, 0) is 6.42 Å². The van der Waals surface area contributed by atoms with E-state index in [9.17, 15) is 4.79 Å². The largest absolute Gasteiger partial charge is 0.493 e. The number of nitrogens with zero attached hydrogens (tertiary/aromatic N) is 1. The first kappa shape index (κ1) is 15.4. The van der Waals surface area contributed by atoms with Crippen LogP contribution >= 0.6 is 0 Å². The SMILES string of the molecule is COc1ccc(CC2CC(N)CN(C(N)=O)C2)cc1OC. The molecule has 1 aliphatic rings. The topological polar surface area (TPSA) is 90.8 Å². The van der Waals surface area contributed by atoms with Crippen LogP contribution in [0.15, 0.2) is 18.2 Å². The Hall–Kier alpha value is -1.95. The van der Waals surface area contributed by atoms with Gasteiger partial charge in [0.2, 0.25) is 0 Å². The van der Waals surface area contributed by atoms with Crippen LogP contribution in [0.4, 0.5) is 4.79 Å². The van der Waals surface area contributed by atoms with Crippen molar-refractivity contribution >= 4 is 6.03 Å². The molecule has 2 amide bonds. The molecule has 4 N–H and O–H groups in total. The molecule has 0 bridgehead atoms. The van der Waals surface area contributed by atoms with E-state index >= 15 is 0 Å². The van der Waals surface area contributed by atoms with Crippen LogP contribution in [0.3, 0.4) is 0 Å². The summed E-state index contributed by atoms with van der Waals surface area (Å²) < 4.78 is 10.5. The van der Waals surface area contributed by atoms with Crippen LogP contribution in [0.2, 0.25) is 0 Å². The van der Waals surface area contributed by atoms with Gasteiger partial charge in [0.25, 0.3) is 0 Å². The van der Waals surface area contributed by atoms with Crippen LogP contribution in [0.25, 0.3) is 0 Å². The summed E-state index contributed by atoms with van der Waals surface area (Å²) in [7, 11) is 3.23. The van der Waals surface area contributed by atoms with E-state index in [1.807, 2.05) is 18.2 Å². The lowest BCUT2D eigenvalue weighted by molar-refractivity contribution is 0.163. The van der Waals surface area contributed by atoms with Gasteiger partial charge in [0, 0.05) is 19.1 Å². The van der Waals surface area contributed by atoms with Crippen LogP contribution in [0, 0.1) is 5.92 Å². The van der Waals surface area contributed by atoms with Gasteiger partial charge in [-0.15, -0.1) is 0 Å². The standard InChI is InChI=1S/C15H23N3O3/c1-20-13-4-3-10(7-14(13)21-2)5-11-6-12(16)9-18(8-11)15(17)19/h3-4,7,11-12H,5-6,8-9,16H2,1-2H3,(H2,17,19). The molecule has 1 heterocycles. The third-order valence-electron chi connectivity index (χ3n) is 3.85.